The number of esters is 1. The summed E-state index contributed by atoms with van der Waals surface area (Å²) < 4.78 is 5.50. The van der Waals surface area contributed by atoms with Crippen LogP contribution in [0.2, 0.25) is 20.1 Å². The third-order valence-electron chi connectivity index (χ3n) is 4.61. The van der Waals surface area contributed by atoms with Gasteiger partial charge in [-0.1, -0.05) is 113 Å². The number of phenols is 1. The third-order valence-corrected chi connectivity index (χ3v) is 6.26. The first-order chi connectivity index (χ1) is 15.2. The van der Waals surface area contributed by atoms with Crippen molar-refractivity contribution in [2.24, 2.45) is 0 Å². The number of hydrogen-bond acceptors (Lipinski definition) is 3. The molecule has 0 saturated carbocycles. The van der Waals surface area contributed by atoms with Gasteiger partial charge in [0.25, 0.3) is 0 Å². The van der Waals surface area contributed by atoms with Crippen LogP contribution in [0.25, 0.3) is 5.57 Å². The van der Waals surface area contributed by atoms with E-state index in [0.717, 1.165) is 16.7 Å². The summed E-state index contributed by atoms with van der Waals surface area (Å²) in [5, 5.41) is 8.96. The van der Waals surface area contributed by atoms with E-state index in [1.165, 1.54) is 0 Å². The lowest BCUT2D eigenvalue weighted by Gasteiger charge is -2.15. The van der Waals surface area contributed by atoms with Crippen LogP contribution >= 0.6 is 46.4 Å². The predicted molar refractivity (Wildman–Crippen MR) is 132 cm³/mol. The van der Waals surface area contributed by atoms with Crippen LogP contribution in [0.15, 0.2) is 77.9 Å². The summed E-state index contributed by atoms with van der Waals surface area (Å²) >= 11 is 24.3. The van der Waals surface area contributed by atoms with E-state index in [1.807, 2.05) is 60.7 Å². The number of benzene rings is 3. The zero-order valence-corrected chi connectivity index (χ0v) is 20.2. The Morgan fingerprint density at radius 3 is 1.62 bits per heavy atom. The molecule has 7 heteroatoms. The minimum Gasteiger partial charge on any atom is -0.505 e. The minimum absolute atomic E-state index is 0.213. The summed E-state index contributed by atoms with van der Waals surface area (Å²) in [7, 11) is 0. The molecule has 0 atom stereocenters. The summed E-state index contributed by atoms with van der Waals surface area (Å²) in [5.41, 5.74) is 3.70. The molecule has 3 nitrogen and oxygen atoms in total. The van der Waals surface area contributed by atoms with Crippen LogP contribution in [-0.4, -0.2) is 11.1 Å². The summed E-state index contributed by atoms with van der Waals surface area (Å²) in [6.45, 7) is 3.58. The third kappa shape index (κ3) is 5.13. The van der Waals surface area contributed by atoms with Crippen molar-refractivity contribution in [3.8, 4) is 11.5 Å². The molecule has 0 aliphatic rings. The van der Waals surface area contributed by atoms with Crippen LogP contribution in [0.1, 0.15) is 25.0 Å². The van der Waals surface area contributed by atoms with Crippen molar-refractivity contribution in [2.75, 3.05) is 0 Å². The number of carbonyl (C=O) groups excluding carboxylic acids is 1. The number of halogens is 4. The van der Waals surface area contributed by atoms with E-state index in [9.17, 15) is 9.90 Å². The molecule has 164 valence electrons. The molecule has 0 saturated heterocycles. The maximum absolute atomic E-state index is 13.2. The Labute approximate surface area is 206 Å². The van der Waals surface area contributed by atoms with E-state index in [0.29, 0.717) is 11.1 Å². The maximum atomic E-state index is 13.2. The van der Waals surface area contributed by atoms with Crippen molar-refractivity contribution < 1.29 is 14.6 Å². The summed E-state index contributed by atoms with van der Waals surface area (Å²) in [5.74, 6) is -1.41. The minimum atomic E-state index is -0.698. The van der Waals surface area contributed by atoms with Gasteiger partial charge in [0.2, 0.25) is 0 Å². The van der Waals surface area contributed by atoms with Gasteiger partial charge in [-0.25, -0.2) is 4.79 Å². The van der Waals surface area contributed by atoms with Crippen molar-refractivity contribution in [1.29, 1.82) is 0 Å². The van der Waals surface area contributed by atoms with Gasteiger partial charge in [0, 0.05) is 0 Å². The fourth-order valence-electron chi connectivity index (χ4n) is 2.96. The molecule has 0 aliphatic heterocycles. The van der Waals surface area contributed by atoms with Crippen molar-refractivity contribution in [3.05, 3.63) is 109 Å². The van der Waals surface area contributed by atoms with Crippen LogP contribution in [0.4, 0.5) is 0 Å². The van der Waals surface area contributed by atoms with Crippen molar-refractivity contribution in [3.63, 3.8) is 0 Å². The quantitative estimate of drug-likeness (QED) is 0.124. The second-order valence-corrected chi connectivity index (χ2v) is 8.54. The lowest BCUT2D eigenvalue weighted by molar-refractivity contribution is -0.129. The fraction of sp³-hybridized carbons (Fsp3) is 0.0800. The maximum Gasteiger partial charge on any atom is 0.343 e. The monoisotopic (exact) mass is 506 g/mol. The van der Waals surface area contributed by atoms with Gasteiger partial charge < -0.3 is 9.84 Å². The van der Waals surface area contributed by atoms with Gasteiger partial charge in [0.15, 0.2) is 11.5 Å². The normalized spacial score (nSPS) is 10.4. The number of phenolic OH excluding ortho intramolecular Hbond substituents is 1. The Balaban J connectivity index is 2.10. The average Bonchev–Trinajstić information content (AvgIpc) is 2.80. The van der Waals surface area contributed by atoms with Gasteiger partial charge in [-0.3, -0.25) is 0 Å². The van der Waals surface area contributed by atoms with Crippen LogP contribution in [0.5, 0.6) is 11.5 Å². The molecule has 1 N–H and O–H groups in total. The predicted octanol–water partition coefficient (Wildman–Crippen LogP) is 8.38. The Morgan fingerprint density at radius 1 is 0.781 bits per heavy atom. The molecule has 0 fully saturated rings. The van der Waals surface area contributed by atoms with E-state index in [1.54, 1.807) is 19.9 Å². The molecule has 3 aromatic rings. The Hall–Kier alpha value is -2.43. The summed E-state index contributed by atoms with van der Waals surface area (Å²) in [6.07, 6.45) is 1.76. The molecule has 0 aromatic heterocycles. The van der Waals surface area contributed by atoms with E-state index in [4.69, 9.17) is 51.1 Å². The number of ether oxygens (including phenoxy) is 1. The number of rotatable bonds is 5. The smallest absolute Gasteiger partial charge is 0.343 e. The molecule has 0 aliphatic carbocycles. The molecule has 0 bridgehead atoms. The topological polar surface area (TPSA) is 46.5 Å². The Bertz CT molecular complexity index is 1140. The molecule has 3 aromatic carbocycles. The van der Waals surface area contributed by atoms with Gasteiger partial charge in [0.05, 0.1) is 5.57 Å². The van der Waals surface area contributed by atoms with Crippen LogP contribution in [0.3, 0.4) is 0 Å². The largest absolute Gasteiger partial charge is 0.505 e. The zero-order valence-electron chi connectivity index (χ0n) is 17.1. The highest BCUT2D eigenvalue weighted by Gasteiger charge is 2.24. The summed E-state index contributed by atoms with van der Waals surface area (Å²) in [6, 6.07) is 19.4. The van der Waals surface area contributed by atoms with Crippen molar-refractivity contribution in [2.45, 2.75) is 13.8 Å². The molecule has 0 heterocycles. The first kappa shape index (κ1) is 24.2. The molecule has 0 unspecified atom stereocenters. The SMILES string of the molecule is CC(C)=C(C=C(c1ccccc1)c1ccccc1)C(=O)Oc1c(Cl)c(Cl)c(O)c(Cl)c1Cl. The van der Waals surface area contributed by atoms with Crippen LogP contribution in [0, 0.1) is 0 Å². The lowest BCUT2D eigenvalue weighted by Crippen LogP contribution is -2.12. The van der Waals surface area contributed by atoms with Gasteiger partial charge in [0.1, 0.15) is 20.1 Å². The number of aromatic hydroxyl groups is 1. The highest BCUT2D eigenvalue weighted by molar-refractivity contribution is 6.50. The number of carbonyl (C=O) groups is 1. The van der Waals surface area contributed by atoms with Crippen molar-refractivity contribution >= 4 is 57.9 Å². The summed E-state index contributed by atoms with van der Waals surface area (Å²) in [4.78, 5) is 13.2. The van der Waals surface area contributed by atoms with Gasteiger partial charge in [-0.15, -0.1) is 0 Å². The second-order valence-electron chi connectivity index (χ2n) is 7.03. The number of hydrogen-bond donors (Lipinski definition) is 1. The highest BCUT2D eigenvalue weighted by Crippen LogP contribution is 2.49. The standard InChI is InChI=1S/C25H18Cl4O3/c1-14(2)17(25(31)32-24-21(28)19(26)23(30)20(27)22(24)29)13-18(15-9-5-3-6-10-15)16-11-7-4-8-12-16/h3-13,30H,1-2H3. The van der Waals surface area contributed by atoms with Gasteiger partial charge in [-0.05, 0) is 36.6 Å². The number of allylic oxidation sites excluding steroid dienone is 1. The van der Waals surface area contributed by atoms with E-state index in [2.05, 4.69) is 0 Å². The van der Waals surface area contributed by atoms with E-state index >= 15 is 0 Å². The van der Waals surface area contributed by atoms with Gasteiger partial charge >= 0.3 is 5.97 Å². The highest BCUT2D eigenvalue weighted by atomic mass is 35.5. The fourth-order valence-corrected chi connectivity index (χ4v) is 3.86. The van der Waals surface area contributed by atoms with Crippen LogP contribution in [-0.2, 0) is 4.79 Å². The molecular weight excluding hydrogens is 490 g/mol. The molecule has 0 spiro atoms. The molecule has 0 amide bonds. The van der Waals surface area contributed by atoms with Crippen molar-refractivity contribution in [1.82, 2.24) is 0 Å². The first-order valence-corrected chi connectivity index (χ1v) is 11.0. The molecule has 32 heavy (non-hydrogen) atoms. The van der Waals surface area contributed by atoms with E-state index < -0.39 is 11.7 Å². The molecule has 3 rings (SSSR count). The average molecular weight is 508 g/mol. The Morgan fingerprint density at radius 2 is 1.22 bits per heavy atom. The van der Waals surface area contributed by atoms with Gasteiger partial charge in [-0.2, -0.15) is 0 Å². The second kappa shape index (κ2) is 10.5. The molecule has 0 radical (unpaired) electrons. The molecular formula is C25H18Cl4O3. The Kier molecular flexibility index (Phi) is 7.91. The van der Waals surface area contributed by atoms with E-state index in [-0.39, 0.29) is 25.8 Å². The zero-order chi connectivity index (χ0) is 23.4. The van der Waals surface area contributed by atoms with Crippen LogP contribution < -0.4 is 4.74 Å². The lowest BCUT2D eigenvalue weighted by atomic mass is 9.94. The first-order valence-electron chi connectivity index (χ1n) is 9.49.